The van der Waals surface area contributed by atoms with Gasteiger partial charge in [-0.3, -0.25) is 5.10 Å². The molecule has 2 heterocycles. The van der Waals surface area contributed by atoms with E-state index in [1.165, 1.54) is 0 Å². The van der Waals surface area contributed by atoms with Gasteiger partial charge in [0.25, 0.3) is 0 Å². The molecular formula is C23H21ClN4O2. The summed E-state index contributed by atoms with van der Waals surface area (Å²) in [6.45, 7) is 2.51. The second kappa shape index (κ2) is 8.52. The third kappa shape index (κ3) is 3.85. The smallest absolute Gasteiger partial charge is 0.244 e. The lowest BCUT2D eigenvalue weighted by Crippen LogP contribution is -2.21. The van der Waals surface area contributed by atoms with Crippen LogP contribution in [0, 0.1) is 11.3 Å². The lowest BCUT2D eigenvalue weighted by Gasteiger charge is -2.24. The minimum absolute atomic E-state index is 0.0887. The molecule has 3 N–H and O–H groups in total. The van der Waals surface area contributed by atoms with Gasteiger partial charge in [-0.05, 0) is 41.8 Å². The van der Waals surface area contributed by atoms with Crippen LogP contribution < -0.4 is 15.2 Å². The Kier molecular flexibility index (Phi) is 5.64. The van der Waals surface area contributed by atoms with Crippen molar-refractivity contribution in [2.24, 2.45) is 5.73 Å². The van der Waals surface area contributed by atoms with Crippen LogP contribution >= 0.6 is 11.6 Å². The lowest BCUT2D eigenvalue weighted by atomic mass is 9.83. The minimum atomic E-state index is -0.332. The van der Waals surface area contributed by atoms with E-state index in [1.807, 2.05) is 48.5 Å². The zero-order valence-electron chi connectivity index (χ0n) is 16.5. The van der Waals surface area contributed by atoms with Crippen molar-refractivity contribution in [3.05, 3.63) is 87.4 Å². The van der Waals surface area contributed by atoms with Crippen LogP contribution in [0.1, 0.15) is 41.6 Å². The molecule has 7 heteroatoms. The number of nitrogens with two attached hydrogens (primary N) is 1. The van der Waals surface area contributed by atoms with Crippen molar-refractivity contribution >= 4 is 11.6 Å². The Hall–Kier alpha value is -3.43. The molecule has 0 saturated carbocycles. The van der Waals surface area contributed by atoms with E-state index in [1.54, 1.807) is 0 Å². The van der Waals surface area contributed by atoms with Crippen molar-refractivity contribution in [3.8, 4) is 17.7 Å². The fraction of sp³-hybridized carbons (Fsp3) is 0.217. The van der Waals surface area contributed by atoms with Crippen LogP contribution in [0.15, 0.2) is 60.0 Å². The Labute approximate surface area is 179 Å². The summed E-state index contributed by atoms with van der Waals surface area (Å²) in [7, 11) is 0. The van der Waals surface area contributed by atoms with Gasteiger partial charge in [-0.1, -0.05) is 49.2 Å². The molecule has 152 valence electrons. The highest BCUT2D eigenvalue weighted by atomic mass is 35.5. The van der Waals surface area contributed by atoms with Gasteiger partial charge >= 0.3 is 0 Å². The molecule has 1 aromatic heterocycles. The molecule has 0 unspecified atom stereocenters. The zero-order valence-corrected chi connectivity index (χ0v) is 17.2. The number of benzene rings is 2. The van der Waals surface area contributed by atoms with Gasteiger partial charge in [-0.15, -0.1) is 5.10 Å². The number of ether oxygens (including phenoxy) is 2. The summed E-state index contributed by atoms with van der Waals surface area (Å²) >= 11 is 6.03. The fourth-order valence-electron chi connectivity index (χ4n) is 3.63. The molecule has 4 rings (SSSR count). The Balaban J connectivity index is 1.61. The van der Waals surface area contributed by atoms with Crippen LogP contribution in [0.4, 0.5) is 0 Å². The number of allylic oxidation sites excluding steroid dienone is 1. The third-order valence-electron chi connectivity index (χ3n) is 5.03. The number of halogens is 1. The summed E-state index contributed by atoms with van der Waals surface area (Å²) in [5.74, 6) is 0.913. The zero-order chi connectivity index (χ0) is 21.1. The molecule has 0 spiro atoms. The molecule has 0 amide bonds. The normalized spacial score (nSPS) is 15.3. The molecular weight excluding hydrogens is 400 g/mol. The number of fused-ring (bicyclic) bond motifs is 1. The topological polar surface area (TPSA) is 97.0 Å². The number of nitrogens with zero attached hydrogens (tertiary/aromatic N) is 2. The van der Waals surface area contributed by atoms with Gasteiger partial charge in [-0.25, -0.2) is 0 Å². The van der Waals surface area contributed by atoms with E-state index in [-0.39, 0.29) is 11.8 Å². The van der Waals surface area contributed by atoms with Gasteiger partial charge in [0.15, 0.2) is 0 Å². The van der Waals surface area contributed by atoms with Crippen molar-refractivity contribution in [2.75, 3.05) is 0 Å². The maximum Gasteiger partial charge on any atom is 0.244 e. The quantitative estimate of drug-likeness (QED) is 0.596. The summed E-state index contributed by atoms with van der Waals surface area (Å²) < 4.78 is 11.5. The molecule has 1 aliphatic heterocycles. The molecule has 2 aromatic carbocycles. The summed E-state index contributed by atoms with van der Waals surface area (Å²) in [5, 5.41) is 17.7. The fourth-order valence-corrected chi connectivity index (χ4v) is 3.85. The van der Waals surface area contributed by atoms with Gasteiger partial charge in [0, 0.05) is 16.3 Å². The number of aromatic nitrogens is 2. The third-order valence-corrected chi connectivity index (χ3v) is 5.26. The second-order valence-electron chi connectivity index (χ2n) is 7.08. The SMILES string of the molecule is CCCc1[nH]nc2c1[C@H](c1ccc(OCc3cccc(Cl)c3)cc1)C(C#N)=C(N)O2. The molecule has 3 aromatic rings. The maximum atomic E-state index is 9.73. The van der Waals surface area contributed by atoms with Crippen LogP contribution in [0.2, 0.25) is 5.02 Å². The number of nitriles is 1. The van der Waals surface area contributed by atoms with E-state index in [0.717, 1.165) is 41.0 Å². The molecule has 0 aliphatic carbocycles. The Morgan fingerprint density at radius 2 is 2.07 bits per heavy atom. The van der Waals surface area contributed by atoms with E-state index in [9.17, 15) is 5.26 Å². The molecule has 0 bridgehead atoms. The highest BCUT2D eigenvalue weighted by molar-refractivity contribution is 6.30. The van der Waals surface area contributed by atoms with Crippen molar-refractivity contribution in [1.29, 1.82) is 5.26 Å². The van der Waals surface area contributed by atoms with Crippen molar-refractivity contribution in [1.82, 2.24) is 10.2 Å². The number of nitrogens with one attached hydrogen (secondary N) is 1. The molecule has 1 atom stereocenters. The molecule has 0 fully saturated rings. The van der Waals surface area contributed by atoms with Crippen LogP contribution in [-0.2, 0) is 13.0 Å². The second-order valence-corrected chi connectivity index (χ2v) is 7.52. The number of H-pyrrole nitrogens is 1. The maximum absolute atomic E-state index is 9.73. The van der Waals surface area contributed by atoms with E-state index in [0.29, 0.717) is 23.1 Å². The first-order valence-electron chi connectivity index (χ1n) is 9.72. The molecule has 0 saturated heterocycles. The van der Waals surface area contributed by atoms with Gasteiger partial charge in [0.2, 0.25) is 11.8 Å². The van der Waals surface area contributed by atoms with Crippen LogP contribution in [0.25, 0.3) is 0 Å². The van der Waals surface area contributed by atoms with Gasteiger partial charge in [0.1, 0.15) is 24.0 Å². The summed E-state index contributed by atoms with van der Waals surface area (Å²) in [6.07, 6.45) is 1.75. The lowest BCUT2D eigenvalue weighted by molar-refractivity contribution is 0.306. The molecule has 1 aliphatic rings. The van der Waals surface area contributed by atoms with Gasteiger partial charge < -0.3 is 15.2 Å². The van der Waals surface area contributed by atoms with E-state index in [2.05, 4.69) is 23.2 Å². The average Bonchev–Trinajstić information content (AvgIpc) is 3.14. The first-order chi connectivity index (χ1) is 14.6. The number of hydrogen-bond acceptors (Lipinski definition) is 5. The average molecular weight is 421 g/mol. The highest BCUT2D eigenvalue weighted by Gasteiger charge is 2.34. The van der Waals surface area contributed by atoms with E-state index in [4.69, 9.17) is 26.8 Å². The van der Waals surface area contributed by atoms with Crippen LogP contribution in [0.5, 0.6) is 11.6 Å². The Morgan fingerprint density at radius 3 is 2.77 bits per heavy atom. The molecule has 6 nitrogen and oxygen atoms in total. The van der Waals surface area contributed by atoms with Crippen molar-refractivity contribution in [3.63, 3.8) is 0 Å². The van der Waals surface area contributed by atoms with Gasteiger partial charge in [-0.2, -0.15) is 5.26 Å². The Bertz CT molecular complexity index is 1130. The largest absolute Gasteiger partial charge is 0.489 e. The molecule has 30 heavy (non-hydrogen) atoms. The van der Waals surface area contributed by atoms with Gasteiger partial charge in [0.05, 0.1) is 5.92 Å². The van der Waals surface area contributed by atoms with Crippen molar-refractivity contribution < 1.29 is 9.47 Å². The van der Waals surface area contributed by atoms with Crippen molar-refractivity contribution in [2.45, 2.75) is 32.3 Å². The summed E-state index contributed by atoms with van der Waals surface area (Å²) in [4.78, 5) is 0. The number of aryl methyl sites for hydroxylation is 1. The first kappa shape index (κ1) is 19.9. The predicted molar refractivity (Wildman–Crippen MR) is 114 cm³/mol. The number of aromatic amines is 1. The Morgan fingerprint density at radius 1 is 1.27 bits per heavy atom. The standard InChI is InChI=1S/C23H21ClN4O2/c1-2-4-19-21-20(18(12-25)22(26)30-23(21)28-27-19)15-7-9-17(10-8-15)29-13-14-5-3-6-16(24)11-14/h3,5-11,20H,2,4,13,26H2,1H3,(H,27,28)/t20-/m1/s1. The van der Waals surface area contributed by atoms with Crippen LogP contribution in [0.3, 0.4) is 0 Å². The van der Waals surface area contributed by atoms with E-state index >= 15 is 0 Å². The first-order valence-corrected chi connectivity index (χ1v) is 10.1. The molecule has 0 radical (unpaired) electrons. The van der Waals surface area contributed by atoms with Crippen LogP contribution in [-0.4, -0.2) is 10.2 Å². The predicted octanol–water partition coefficient (Wildman–Crippen LogP) is 4.81. The number of rotatable bonds is 6. The van der Waals surface area contributed by atoms with E-state index < -0.39 is 0 Å². The highest BCUT2D eigenvalue weighted by Crippen LogP contribution is 2.43. The summed E-state index contributed by atoms with van der Waals surface area (Å²) in [5.41, 5.74) is 10.1. The number of hydrogen-bond donors (Lipinski definition) is 2. The summed E-state index contributed by atoms with van der Waals surface area (Å²) in [6, 6.07) is 17.4. The monoisotopic (exact) mass is 420 g/mol. The minimum Gasteiger partial charge on any atom is -0.489 e.